The summed E-state index contributed by atoms with van der Waals surface area (Å²) >= 11 is 1.87. The van der Waals surface area contributed by atoms with Crippen molar-refractivity contribution in [2.24, 2.45) is 0 Å². The van der Waals surface area contributed by atoms with Crippen molar-refractivity contribution in [1.82, 2.24) is 4.90 Å². The Balaban J connectivity index is 2.05. The molecule has 1 unspecified atom stereocenters. The maximum atomic E-state index is 12.4. The lowest BCUT2D eigenvalue weighted by atomic mass is 10.2. The maximum absolute atomic E-state index is 12.4. The van der Waals surface area contributed by atoms with E-state index in [1.807, 2.05) is 16.7 Å². The molecule has 20 heavy (non-hydrogen) atoms. The first-order chi connectivity index (χ1) is 9.56. The van der Waals surface area contributed by atoms with E-state index in [9.17, 15) is 9.59 Å². The summed E-state index contributed by atoms with van der Waals surface area (Å²) in [5.41, 5.74) is 0.534. The van der Waals surface area contributed by atoms with Crippen LogP contribution in [-0.2, 0) is 4.79 Å². The van der Waals surface area contributed by atoms with Crippen LogP contribution in [0.25, 0.3) is 0 Å². The van der Waals surface area contributed by atoms with Crippen LogP contribution in [0.5, 0.6) is 5.75 Å². The van der Waals surface area contributed by atoms with E-state index in [1.54, 1.807) is 24.3 Å². The van der Waals surface area contributed by atoms with Crippen molar-refractivity contribution >= 4 is 23.6 Å². The Labute approximate surface area is 121 Å². The first kappa shape index (κ1) is 14.7. The number of carbonyl (C=O) groups is 2. The highest BCUT2D eigenvalue weighted by Crippen LogP contribution is 2.21. The molecule has 1 aromatic carbocycles. The van der Waals surface area contributed by atoms with E-state index in [1.165, 1.54) is 0 Å². The molecule has 0 radical (unpaired) electrons. The average molecular weight is 295 g/mol. The minimum atomic E-state index is -1.04. The summed E-state index contributed by atoms with van der Waals surface area (Å²) in [5, 5.41) is 9.03. The van der Waals surface area contributed by atoms with Gasteiger partial charge in [-0.3, -0.25) is 4.79 Å². The van der Waals surface area contributed by atoms with Gasteiger partial charge in [0.05, 0.1) is 0 Å². The van der Waals surface area contributed by atoms with E-state index in [4.69, 9.17) is 9.84 Å². The summed E-state index contributed by atoms with van der Waals surface area (Å²) in [7, 11) is 0. The van der Waals surface area contributed by atoms with Crippen molar-refractivity contribution in [3.63, 3.8) is 0 Å². The van der Waals surface area contributed by atoms with E-state index in [0.717, 1.165) is 18.8 Å². The first-order valence-electron chi connectivity index (χ1n) is 6.42. The molecule has 1 saturated heterocycles. The van der Waals surface area contributed by atoms with E-state index in [-0.39, 0.29) is 5.91 Å². The largest absolute Gasteiger partial charge is 0.482 e. The highest BCUT2D eigenvalue weighted by molar-refractivity contribution is 7.99. The van der Waals surface area contributed by atoms with Crippen molar-refractivity contribution < 1.29 is 19.4 Å². The molecule has 108 valence electrons. The van der Waals surface area contributed by atoms with Gasteiger partial charge in [0, 0.05) is 29.7 Å². The molecule has 0 bridgehead atoms. The van der Waals surface area contributed by atoms with Crippen LogP contribution >= 0.6 is 11.8 Å². The normalized spacial score (nSPS) is 18.6. The lowest BCUT2D eigenvalue weighted by molar-refractivity contribution is -0.139. The molecule has 1 N–H and O–H groups in total. The Morgan fingerprint density at radius 1 is 1.50 bits per heavy atom. The third kappa shape index (κ3) is 3.90. The van der Waals surface area contributed by atoms with Crippen LogP contribution < -0.4 is 4.74 Å². The predicted octanol–water partition coefficient (Wildman–Crippen LogP) is 1.73. The van der Waals surface area contributed by atoms with Gasteiger partial charge in [0.2, 0.25) is 0 Å². The molecular weight excluding hydrogens is 278 g/mol. The molecule has 1 aliphatic rings. The fraction of sp³-hybridized carbons (Fsp3) is 0.429. The number of benzene rings is 1. The van der Waals surface area contributed by atoms with Crippen molar-refractivity contribution in [2.75, 3.05) is 25.4 Å². The van der Waals surface area contributed by atoms with Gasteiger partial charge in [0.25, 0.3) is 5.91 Å². The Kier molecular flexibility index (Phi) is 4.89. The van der Waals surface area contributed by atoms with Gasteiger partial charge in [-0.05, 0) is 18.2 Å². The van der Waals surface area contributed by atoms with E-state index < -0.39 is 12.6 Å². The number of hydrogen-bond donors (Lipinski definition) is 1. The average Bonchev–Trinajstić information content (AvgIpc) is 2.44. The molecule has 1 atom stereocenters. The topological polar surface area (TPSA) is 66.8 Å². The number of carboxylic acids is 1. The summed E-state index contributed by atoms with van der Waals surface area (Å²) in [6.45, 7) is 3.18. The Morgan fingerprint density at radius 3 is 3.00 bits per heavy atom. The van der Waals surface area contributed by atoms with Crippen molar-refractivity contribution in [3.05, 3.63) is 29.8 Å². The summed E-state index contributed by atoms with van der Waals surface area (Å²) in [6, 6.07) is 6.67. The minimum Gasteiger partial charge on any atom is -0.482 e. The van der Waals surface area contributed by atoms with Gasteiger partial charge in [-0.2, -0.15) is 11.8 Å². The lowest BCUT2D eigenvalue weighted by Crippen LogP contribution is -2.41. The second kappa shape index (κ2) is 6.65. The Morgan fingerprint density at radius 2 is 2.30 bits per heavy atom. The van der Waals surface area contributed by atoms with Gasteiger partial charge >= 0.3 is 5.97 Å². The number of amides is 1. The molecule has 6 heteroatoms. The van der Waals surface area contributed by atoms with Crippen LogP contribution in [0.2, 0.25) is 0 Å². The third-order valence-electron chi connectivity index (χ3n) is 2.97. The van der Waals surface area contributed by atoms with Gasteiger partial charge in [0.15, 0.2) is 6.61 Å². The second-order valence-electron chi connectivity index (χ2n) is 4.64. The molecule has 0 spiro atoms. The minimum absolute atomic E-state index is 0.0297. The summed E-state index contributed by atoms with van der Waals surface area (Å²) in [5.74, 6) is 0.279. The van der Waals surface area contributed by atoms with Crippen molar-refractivity contribution in [3.8, 4) is 5.75 Å². The number of carbonyl (C=O) groups excluding carboxylic acids is 1. The summed E-state index contributed by atoms with van der Waals surface area (Å²) < 4.78 is 5.09. The molecule has 1 aromatic rings. The quantitative estimate of drug-likeness (QED) is 0.916. The van der Waals surface area contributed by atoms with Gasteiger partial charge in [-0.15, -0.1) is 0 Å². The van der Waals surface area contributed by atoms with E-state index in [2.05, 4.69) is 6.92 Å². The maximum Gasteiger partial charge on any atom is 0.341 e. The molecule has 1 amide bonds. The van der Waals surface area contributed by atoms with Gasteiger partial charge in [-0.1, -0.05) is 13.0 Å². The fourth-order valence-corrected chi connectivity index (χ4v) is 3.06. The fourth-order valence-electron chi connectivity index (χ4n) is 2.05. The third-order valence-corrected chi connectivity index (χ3v) is 4.11. The standard InChI is InChI=1S/C14H17NO4S/c1-10-8-15(5-6-20-10)14(18)11-3-2-4-12(7-11)19-9-13(16)17/h2-4,7,10H,5-6,8-9H2,1H3,(H,16,17). The number of ether oxygens (including phenoxy) is 1. The number of hydrogen-bond acceptors (Lipinski definition) is 4. The van der Waals surface area contributed by atoms with E-state index in [0.29, 0.717) is 16.6 Å². The molecule has 0 aliphatic carbocycles. The smallest absolute Gasteiger partial charge is 0.341 e. The zero-order valence-electron chi connectivity index (χ0n) is 11.2. The van der Waals surface area contributed by atoms with Crippen LogP contribution in [-0.4, -0.2) is 52.6 Å². The molecule has 0 aromatic heterocycles. The van der Waals surface area contributed by atoms with E-state index >= 15 is 0 Å². The molecule has 1 aliphatic heterocycles. The molecule has 1 heterocycles. The van der Waals surface area contributed by atoms with Crippen LogP contribution in [0.4, 0.5) is 0 Å². The second-order valence-corrected chi connectivity index (χ2v) is 6.19. The predicted molar refractivity (Wildman–Crippen MR) is 77.4 cm³/mol. The molecule has 0 saturated carbocycles. The van der Waals surface area contributed by atoms with Crippen LogP contribution in [0.15, 0.2) is 24.3 Å². The van der Waals surface area contributed by atoms with Gasteiger partial charge in [-0.25, -0.2) is 4.79 Å². The SMILES string of the molecule is CC1CN(C(=O)c2cccc(OCC(=O)O)c2)CCS1. The number of thioether (sulfide) groups is 1. The Hall–Kier alpha value is -1.69. The zero-order chi connectivity index (χ0) is 14.5. The Bertz CT molecular complexity index is 506. The summed E-state index contributed by atoms with van der Waals surface area (Å²) in [6.07, 6.45) is 0. The number of carboxylic acid groups (broad SMARTS) is 1. The van der Waals surface area contributed by atoms with Crippen LogP contribution in [0, 0.1) is 0 Å². The highest BCUT2D eigenvalue weighted by atomic mass is 32.2. The molecule has 2 rings (SSSR count). The number of rotatable bonds is 4. The van der Waals surface area contributed by atoms with Gasteiger partial charge in [0.1, 0.15) is 5.75 Å². The monoisotopic (exact) mass is 295 g/mol. The van der Waals surface area contributed by atoms with Crippen molar-refractivity contribution in [1.29, 1.82) is 0 Å². The highest BCUT2D eigenvalue weighted by Gasteiger charge is 2.22. The molecule has 1 fully saturated rings. The number of nitrogens with zero attached hydrogens (tertiary/aromatic N) is 1. The van der Waals surface area contributed by atoms with Gasteiger partial charge < -0.3 is 14.7 Å². The summed E-state index contributed by atoms with van der Waals surface area (Å²) in [4.78, 5) is 24.7. The van der Waals surface area contributed by atoms with Crippen LogP contribution in [0.1, 0.15) is 17.3 Å². The first-order valence-corrected chi connectivity index (χ1v) is 7.46. The van der Waals surface area contributed by atoms with Crippen LogP contribution in [0.3, 0.4) is 0 Å². The molecular formula is C14H17NO4S. The molecule has 5 nitrogen and oxygen atoms in total. The number of aliphatic carboxylic acids is 1. The lowest BCUT2D eigenvalue weighted by Gasteiger charge is -2.30. The zero-order valence-corrected chi connectivity index (χ0v) is 12.1. The van der Waals surface area contributed by atoms with Crippen molar-refractivity contribution in [2.45, 2.75) is 12.2 Å².